The van der Waals surface area contributed by atoms with Crippen molar-refractivity contribution in [2.75, 3.05) is 19.6 Å². The van der Waals surface area contributed by atoms with Crippen molar-refractivity contribution >= 4 is 0 Å². The van der Waals surface area contributed by atoms with Gasteiger partial charge in [-0.15, -0.1) is 0 Å². The van der Waals surface area contributed by atoms with Crippen LogP contribution in [0.5, 0.6) is 0 Å². The fourth-order valence-corrected chi connectivity index (χ4v) is 2.94. The second-order valence-electron chi connectivity index (χ2n) is 5.05. The summed E-state index contributed by atoms with van der Waals surface area (Å²) in [4.78, 5) is 2.63. The van der Waals surface area contributed by atoms with Gasteiger partial charge in [-0.25, -0.2) is 0 Å². The van der Waals surface area contributed by atoms with Crippen LogP contribution in [0.1, 0.15) is 36.8 Å². The summed E-state index contributed by atoms with van der Waals surface area (Å²) >= 11 is 0. The maximum Gasteiger partial charge on any atom is 0.122 e. The van der Waals surface area contributed by atoms with Crippen molar-refractivity contribution in [1.29, 1.82) is 0 Å². The van der Waals surface area contributed by atoms with E-state index in [1.165, 1.54) is 25.8 Å². The van der Waals surface area contributed by atoms with E-state index in [4.69, 9.17) is 4.42 Å². The second kappa shape index (κ2) is 4.22. The molecule has 1 aromatic rings. The molecule has 2 aliphatic heterocycles. The Hall–Kier alpha value is -0.800. The number of nitrogens with one attached hydrogen (secondary N) is 1. The summed E-state index contributed by atoms with van der Waals surface area (Å²) in [5.41, 5.74) is 0. The van der Waals surface area contributed by atoms with Crippen molar-refractivity contribution in [3.63, 3.8) is 0 Å². The van der Waals surface area contributed by atoms with Crippen LogP contribution in [0.15, 0.2) is 16.5 Å². The summed E-state index contributed by atoms with van der Waals surface area (Å²) in [6.07, 6.45) is 4.12. The minimum atomic E-state index is 0.392. The number of furan rings is 1. The van der Waals surface area contributed by atoms with Gasteiger partial charge in [-0.3, -0.25) is 4.90 Å². The Labute approximate surface area is 96.8 Å². The first kappa shape index (κ1) is 10.4. The summed E-state index contributed by atoms with van der Waals surface area (Å²) in [7, 11) is 0. The Kier molecular flexibility index (Phi) is 2.74. The van der Waals surface area contributed by atoms with Crippen LogP contribution in [0, 0.1) is 6.92 Å². The van der Waals surface area contributed by atoms with Gasteiger partial charge < -0.3 is 9.73 Å². The molecule has 0 spiro atoms. The third-order valence-electron chi connectivity index (χ3n) is 3.87. The Morgan fingerprint density at radius 1 is 1.38 bits per heavy atom. The molecule has 16 heavy (non-hydrogen) atoms. The smallest absolute Gasteiger partial charge is 0.122 e. The molecule has 3 rings (SSSR count). The molecule has 2 fully saturated rings. The molecule has 88 valence electrons. The lowest BCUT2D eigenvalue weighted by molar-refractivity contribution is 0.0888. The van der Waals surface area contributed by atoms with E-state index in [1.807, 2.05) is 6.92 Å². The Bertz CT molecular complexity index is 361. The van der Waals surface area contributed by atoms with Crippen LogP contribution in [0.4, 0.5) is 0 Å². The van der Waals surface area contributed by atoms with Crippen molar-refractivity contribution in [1.82, 2.24) is 10.2 Å². The van der Waals surface area contributed by atoms with Crippen LogP contribution in [0.2, 0.25) is 0 Å². The van der Waals surface area contributed by atoms with Gasteiger partial charge in [0.2, 0.25) is 0 Å². The van der Waals surface area contributed by atoms with E-state index in [0.717, 1.165) is 30.7 Å². The molecule has 1 N–H and O–H groups in total. The van der Waals surface area contributed by atoms with Crippen LogP contribution in [0.25, 0.3) is 0 Å². The third-order valence-corrected chi connectivity index (χ3v) is 3.87. The van der Waals surface area contributed by atoms with Crippen molar-refractivity contribution in [2.24, 2.45) is 0 Å². The van der Waals surface area contributed by atoms with E-state index in [0.29, 0.717) is 6.04 Å². The molecule has 0 amide bonds. The molecule has 3 heteroatoms. The number of fused-ring (bicyclic) bond motifs is 1. The zero-order valence-corrected chi connectivity index (χ0v) is 9.91. The zero-order chi connectivity index (χ0) is 11.0. The highest BCUT2D eigenvalue weighted by Gasteiger charge is 2.31. The second-order valence-corrected chi connectivity index (χ2v) is 5.05. The van der Waals surface area contributed by atoms with Crippen LogP contribution in [0.3, 0.4) is 0 Å². The molecule has 0 aliphatic carbocycles. The summed E-state index contributed by atoms with van der Waals surface area (Å²) < 4.78 is 5.71. The average Bonchev–Trinajstić information content (AvgIpc) is 2.75. The topological polar surface area (TPSA) is 28.4 Å². The number of nitrogens with zero attached hydrogens (tertiary/aromatic N) is 1. The Morgan fingerprint density at radius 2 is 2.31 bits per heavy atom. The summed E-state index contributed by atoms with van der Waals surface area (Å²) in [5.74, 6) is 2.11. The number of piperazine rings is 1. The van der Waals surface area contributed by atoms with Crippen molar-refractivity contribution < 1.29 is 4.42 Å². The Balaban J connectivity index is 1.70. The van der Waals surface area contributed by atoms with E-state index in [-0.39, 0.29) is 0 Å². The highest BCUT2D eigenvalue weighted by Crippen LogP contribution is 2.26. The van der Waals surface area contributed by atoms with E-state index in [9.17, 15) is 0 Å². The number of hydrogen-bond donors (Lipinski definition) is 1. The summed E-state index contributed by atoms with van der Waals surface area (Å²) in [6, 6.07) is 5.32. The minimum Gasteiger partial charge on any atom is -0.465 e. The van der Waals surface area contributed by atoms with Gasteiger partial charge in [0.05, 0.1) is 6.04 Å². The van der Waals surface area contributed by atoms with Gasteiger partial charge >= 0.3 is 0 Å². The van der Waals surface area contributed by atoms with Crippen molar-refractivity contribution in [2.45, 2.75) is 38.3 Å². The lowest BCUT2D eigenvalue weighted by Gasteiger charge is -2.42. The molecule has 2 aliphatic rings. The SMILES string of the molecule is Cc1ccc(C2CN3CCCCC3CN2)o1. The van der Waals surface area contributed by atoms with Crippen molar-refractivity contribution in [3.05, 3.63) is 23.7 Å². The highest BCUT2D eigenvalue weighted by molar-refractivity contribution is 5.11. The normalized spacial score (nSPS) is 31.3. The standard InChI is InChI=1S/C13H20N2O/c1-10-5-6-13(16-10)12-9-15-7-3-2-4-11(15)8-14-12/h5-6,11-12,14H,2-4,7-9H2,1H3. The maximum atomic E-state index is 5.71. The van der Waals surface area contributed by atoms with Gasteiger partial charge in [0, 0.05) is 19.1 Å². The molecular formula is C13H20N2O. The fourth-order valence-electron chi connectivity index (χ4n) is 2.94. The van der Waals surface area contributed by atoms with Crippen LogP contribution in [-0.4, -0.2) is 30.6 Å². The first-order chi connectivity index (χ1) is 7.83. The van der Waals surface area contributed by atoms with E-state index in [2.05, 4.69) is 22.3 Å². The van der Waals surface area contributed by atoms with E-state index < -0.39 is 0 Å². The average molecular weight is 220 g/mol. The van der Waals surface area contributed by atoms with Crippen LogP contribution >= 0.6 is 0 Å². The molecule has 0 radical (unpaired) electrons. The van der Waals surface area contributed by atoms with Crippen molar-refractivity contribution in [3.8, 4) is 0 Å². The molecular weight excluding hydrogens is 200 g/mol. The molecule has 0 aromatic carbocycles. The van der Waals surface area contributed by atoms with Crippen LogP contribution in [-0.2, 0) is 0 Å². The lowest BCUT2D eigenvalue weighted by Crippen LogP contribution is -2.54. The van der Waals surface area contributed by atoms with Gasteiger partial charge in [-0.2, -0.15) is 0 Å². The summed E-state index contributed by atoms with van der Waals surface area (Å²) in [6.45, 7) is 5.50. The largest absolute Gasteiger partial charge is 0.465 e. The quantitative estimate of drug-likeness (QED) is 0.785. The molecule has 0 bridgehead atoms. The van der Waals surface area contributed by atoms with E-state index in [1.54, 1.807) is 0 Å². The first-order valence-electron chi connectivity index (χ1n) is 6.37. The van der Waals surface area contributed by atoms with Crippen LogP contribution < -0.4 is 5.32 Å². The molecule has 2 unspecified atom stereocenters. The van der Waals surface area contributed by atoms with Gasteiger partial charge in [0.1, 0.15) is 11.5 Å². The van der Waals surface area contributed by atoms with E-state index >= 15 is 0 Å². The molecule has 3 nitrogen and oxygen atoms in total. The predicted octanol–water partition coefficient (Wildman–Crippen LogP) is 2.09. The fraction of sp³-hybridized carbons (Fsp3) is 0.692. The maximum absolute atomic E-state index is 5.71. The zero-order valence-electron chi connectivity index (χ0n) is 9.91. The molecule has 1 aromatic heterocycles. The lowest BCUT2D eigenvalue weighted by atomic mass is 9.97. The minimum absolute atomic E-state index is 0.392. The van der Waals surface area contributed by atoms with Gasteiger partial charge in [0.15, 0.2) is 0 Å². The summed E-state index contributed by atoms with van der Waals surface area (Å²) in [5, 5.41) is 3.61. The number of piperidine rings is 1. The predicted molar refractivity (Wildman–Crippen MR) is 63.4 cm³/mol. The van der Waals surface area contributed by atoms with Gasteiger partial charge in [-0.05, 0) is 38.4 Å². The third kappa shape index (κ3) is 1.89. The molecule has 3 heterocycles. The highest BCUT2D eigenvalue weighted by atomic mass is 16.3. The Morgan fingerprint density at radius 3 is 3.12 bits per heavy atom. The first-order valence-corrected chi connectivity index (χ1v) is 6.37. The number of hydrogen-bond acceptors (Lipinski definition) is 3. The monoisotopic (exact) mass is 220 g/mol. The van der Waals surface area contributed by atoms with Gasteiger partial charge in [0.25, 0.3) is 0 Å². The molecule has 2 saturated heterocycles. The van der Waals surface area contributed by atoms with Gasteiger partial charge in [-0.1, -0.05) is 6.42 Å². The number of rotatable bonds is 1. The molecule has 0 saturated carbocycles. The molecule has 2 atom stereocenters. The number of aryl methyl sites for hydroxylation is 1.